The van der Waals surface area contributed by atoms with Crippen molar-refractivity contribution in [2.45, 2.75) is 57.5 Å². The standard InChI is InChI=1S/C13H27NO4S2/c15-20(16,17)19-12-10-14-9-5-1-2-6-11-18-13-7-3-4-8-13/h13-14H,1-12H2,(H,15,16,17). The van der Waals surface area contributed by atoms with Gasteiger partial charge >= 0.3 is 9.15 Å². The minimum absolute atomic E-state index is 0.383. The molecule has 1 aliphatic carbocycles. The molecule has 0 heterocycles. The molecular formula is C13H27NO4S2. The molecule has 0 aliphatic heterocycles. The maximum atomic E-state index is 10.4. The molecule has 7 heteroatoms. The first-order chi connectivity index (χ1) is 9.58. The predicted octanol–water partition coefficient (Wildman–Crippen LogP) is 2.63. The summed E-state index contributed by atoms with van der Waals surface area (Å²) >= 11 is 0. The first-order valence-corrected chi connectivity index (χ1v) is 10.5. The highest BCUT2D eigenvalue weighted by Crippen LogP contribution is 2.21. The van der Waals surface area contributed by atoms with Crippen LogP contribution in [0.15, 0.2) is 0 Å². The van der Waals surface area contributed by atoms with E-state index in [2.05, 4.69) is 5.32 Å². The molecule has 120 valence electrons. The molecule has 20 heavy (non-hydrogen) atoms. The van der Waals surface area contributed by atoms with Gasteiger partial charge in [-0.3, -0.25) is 4.55 Å². The molecule has 0 radical (unpaired) electrons. The normalized spacial score (nSPS) is 16.9. The molecule has 0 aromatic heterocycles. The Hall–Kier alpha value is 0.180. The van der Waals surface area contributed by atoms with Crippen molar-refractivity contribution in [2.75, 3.05) is 25.4 Å². The van der Waals surface area contributed by atoms with Crippen LogP contribution in [0.3, 0.4) is 0 Å². The van der Waals surface area contributed by atoms with Crippen LogP contribution < -0.4 is 5.32 Å². The Labute approximate surface area is 126 Å². The number of nitrogens with one attached hydrogen (secondary N) is 1. The Morgan fingerprint density at radius 1 is 1.10 bits per heavy atom. The number of hydrogen-bond acceptors (Lipinski definition) is 5. The Bertz CT molecular complexity index is 329. The summed E-state index contributed by atoms with van der Waals surface area (Å²) in [6.45, 7) is 2.40. The van der Waals surface area contributed by atoms with Crippen LogP contribution in [0.4, 0.5) is 0 Å². The summed E-state index contributed by atoms with van der Waals surface area (Å²) in [7, 11) is -3.31. The van der Waals surface area contributed by atoms with Gasteiger partial charge in [0, 0.05) is 18.9 Å². The maximum absolute atomic E-state index is 10.4. The number of ether oxygens (including phenoxy) is 1. The van der Waals surface area contributed by atoms with Gasteiger partial charge < -0.3 is 10.1 Å². The van der Waals surface area contributed by atoms with E-state index in [0.29, 0.717) is 29.2 Å². The lowest BCUT2D eigenvalue weighted by Gasteiger charge is -2.10. The highest BCUT2D eigenvalue weighted by Gasteiger charge is 2.14. The molecular weight excluding hydrogens is 298 g/mol. The van der Waals surface area contributed by atoms with Crippen molar-refractivity contribution in [3.63, 3.8) is 0 Å². The van der Waals surface area contributed by atoms with Gasteiger partial charge in [0.15, 0.2) is 0 Å². The van der Waals surface area contributed by atoms with Crippen molar-refractivity contribution in [1.29, 1.82) is 0 Å². The lowest BCUT2D eigenvalue weighted by molar-refractivity contribution is 0.0556. The van der Waals surface area contributed by atoms with E-state index in [4.69, 9.17) is 9.29 Å². The second-order valence-electron chi connectivity index (χ2n) is 5.19. The predicted molar refractivity (Wildman–Crippen MR) is 83.6 cm³/mol. The van der Waals surface area contributed by atoms with Crippen LogP contribution in [0.5, 0.6) is 0 Å². The Balaban J connectivity index is 1.74. The van der Waals surface area contributed by atoms with Crippen LogP contribution in [0, 0.1) is 0 Å². The Morgan fingerprint density at radius 2 is 1.80 bits per heavy atom. The van der Waals surface area contributed by atoms with E-state index >= 15 is 0 Å². The maximum Gasteiger partial charge on any atom is 0.319 e. The monoisotopic (exact) mass is 325 g/mol. The average Bonchev–Trinajstić information content (AvgIpc) is 2.87. The van der Waals surface area contributed by atoms with Crippen molar-refractivity contribution in [3.8, 4) is 0 Å². The molecule has 5 nitrogen and oxygen atoms in total. The van der Waals surface area contributed by atoms with Crippen LogP contribution in [-0.2, 0) is 13.9 Å². The van der Waals surface area contributed by atoms with E-state index < -0.39 is 9.15 Å². The van der Waals surface area contributed by atoms with Crippen LogP contribution in [0.1, 0.15) is 51.4 Å². The second kappa shape index (κ2) is 10.8. The molecule has 0 spiro atoms. The quantitative estimate of drug-likeness (QED) is 0.326. The summed E-state index contributed by atoms with van der Waals surface area (Å²) < 4.78 is 35.2. The molecule has 1 saturated carbocycles. The van der Waals surface area contributed by atoms with Gasteiger partial charge in [-0.05, 0) is 43.0 Å². The van der Waals surface area contributed by atoms with E-state index in [1.54, 1.807) is 0 Å². The lowest BCUT2D eigenvalue weighted by atomic mass is 10.2. The minimum atomic E-state index is -3.88. The van der Waals surface area contributed by atoms with Crippen LogP contribution in [-0.4, -0.2) is 44.5 Å². The Morgan fingerprint density at radius 3 is 2.50 bits per heavy atom. The fraction of sp³-hybridized carbons (Fsp3) is 1.00. The molecule has 0 unspecified atom stereocenters. The third-order valence-corrected chi connectivity index (χ3v) is 5.48. The van der Waals surface area contributed by atoms with Gasteiger partial charge in [-0.25, -0.2) is 0 Å². The average molecular weight is 325 g/mol. The van der Waals surface area contributed by atoms with Crippen molar-refractivity contribution in [2.24, 2.45) is 0 Å². The molecule has 0 aromatic rings. The zero-order chi connectivity index (χ0) is 14.7. The first-order valence-electron chi connectivity index (χ1n) is 7.52. The third-order valence-electron chi connectivity index (χ3n) is 3.41. The number of rotatable bonds is 12. The zero-order valence-electron chi connectivity index (χ0n) is 12.1. The summed E-state index contributed by atoms with van der Waals surface area (Å²) in [4.78, 5) is 0. The van der Waals surface area contributed by atoms with Crippen LogP contribution in [0.25, 0.3) is 0 Å². The van der Waals surface area contributed by atoms with E-state index in [0.717, 1.165) is 26.0 Å². The molecule has 0 saturated heterocycles. The van der Waals surface area contributed by atoms with Crippen molar-refractivity contribution >= 4 is 19.9 Å². The molecule has 2 N–H and O–H groups in total. The van der Waals surface area contributed by atoms with Gasteiger partial charge in [0.1, 0.15) is 0 Å². The molecule has 1 fully saturated rings. The molecule has 0 bridgehead atoms. The Kier molecular flexibility index (Phi) is 9.88. The summed E-state index contributed by atoms with van der Waals surface area (Å²) in [6.07, 6.45) is 10.3. The third kappa shape index (κ3) is 10.9. The molecule has 1 aliphatic rings. The molecule has 0 atom stereocenters. The zero-order valence-corrected chi connectivity index (χ0v) is 13.7. The van der Waals surface area contributed by atoms with Gasteiger partial charge in [-0.1, -0.05) is 25.7 Å². The first kappa shape index (κ1) is 18.2. The van der Waals surface area contributed by atoms with Crippen molar-refractivity contribution in [1.82, 2.24) is 5.32 Å². The van der Waals surface area contributed by atoms with E-state index in [-0.39, 0.29) is 0 Å². The highest BCUT2D eigenvalue weighted by molar-refractivity contribution is 8.69. The lowest BCUT2D eigenvalue weighted by Crippen LogP contribution is -2.19. The van der Waals surface area contributed by atoms with Gasteiger partial charge in [-0.2, -0.15) is 8.42 Å². The fourth-order valence-electron chi connectivity index (χ4n) is 2.35. The number of hydrogen-bond donors (Lipinski definition) is 2. The topological polar surface area (TPSA) is 75.6 Å². The van der Waals surface area contributed by atoms with Crippen molar-refractivity contribution in [3.05, 3.63) is 0 Å². The fourth-order valence-corrected chi connectivity index (χ4v) is 3.67. The molecule has 0 amide bonds. The minimum Gasteiger partial charge on any atom is -0.378 e. The van der Waals surface area contributed by atoms with E-state index in [1.165, 1.54) is 38.5 Å². The van der Waals surface area contributed by atoms with Gasteiger partial charge in [-0.15, -0.1) is 0 Å². The summed E-state index contributed by atoms with van der Waals surface area (Å²) in [5.41, 5.74) is 0. The summed E-state index contributed by atoms with van der Waals surface area (Å²) in [5.74, 6) is 0.383. The summed E-state index contributed by atoms with van der Waals surface area (Å²) in [6, 6.07) is 0. The SMILES string of the molecule is O=S(=O)(O)SCCNCCCCCCOC1CCCC1. The van der Waals surface area contributed by atoms with E-state index in [9.17, 15) is 8.42 Å². The molecule has 1 rings (SSSR count). The van der Waals surface area contributed by atoms with Crippen LogP contribution in [0.2, 0.25) is 0 Å². The van der Waals surface area contributed by atoms with Gasteiger partial charge in [0.25, 0.3) is 0 Å². The van der Waals surface area contributed by atoms with Gasteiger partial charge in [0.05, 0.1) is 6.10 Å². The van der Waals surface area contributed by atoms with Gasteiger partial charge in [0.2, 0.25) is 0 Å². The smallest absolute Gasteiger partial charge is 0.319 e. The molecule has 0 aromatic carbocycles. The summed E-state index contributed by atoms with van der Waals surface area (Å²) in [5, 5.41) is 3.17. The van der Waals surface area contributed by atoms with Crippen molar-refractivity contribution < 1.29 is 17.7 Å². The van der Waals surface area contributed by atoms with E-state index in [1.807, 2.05) is 0 Å². The second-order valence-corrected chi connectivity index (χ2v) is 8.66. The number of unbranched alkanes of at least 4 members (excludes halogenated alkanes) is 3. The van der Waals surface area contributed by atoms with Crippen LogP contribution >= 0.6 is 10.8 Å². The largest absolute Gasteiger partial charge is 0.378 e. The highest BCUT2D eigenvalue weighted by atomic mass is 33.1.